The molecule has 0 atom stereocenters. The van der Waals surface area contributed by atoms with Gasteiger partial charge in [-0.3, -0.25) is 4.90 Å². The van der Waals surface area contributed by atoms with Crippen molar-refractivity contribution in [2.75, 3.05) is 12.9 Å². The molecule has 1 rings (SSSR count). The molecule has 1 aromatic carbocycles. The van der Waals surface area contributed by atoms with Gasteiger partial charge in [0.2, 0.25) is 0 Å². The van der Waals surface area contributed by atoms with Gasteiger partial charge in [0.1, 0.15) is 22.7 Å². The smallest absolute Gasteiger partial charge is 0.415 e. The van der Waals surface area contributed by atoms with E-state index in [9.17, 15) is 10.1 Å². The first kappa shape index (κ1) is 16.6. The fourth-order valence-electron chi connectivity index (χ4n) is 1.63. The van der Waals surface area contributed by atoms with E-state index in [4.69, 9.17) is 10.00 Å². The highest BCUT2D eigenvalue weighted by molar-refractivity contribution is 8.02. The Morgan fingerprint density at radius 1 is 1.29 bits per heavy atom. The number of nitriles is 2. The molecule has 0 spiro atoms. The predicted molar refractivity (Wildman–Crippen MR) is 80.8 cm³/mol. The summed E-state index contributed by atoms with van der Waals surface area (Å²) < 4.78 is 4.98. The lowest BCUT2D eigenvalue weighted by atomic mass is 10.2. The van der Waals surface area contributed by atoms with Crippen molar-refractivity contribution < 1.29 is 9.53 Å². The number of amides is 1. The molecule has 0 heterocycles. The minimum absolute atomic E-state index is 0.00676. The Hall–Kier alpha value is -2.44. The number of ether oxygens (including phenoxy) is 1. The maximum Gasteiger partial charge on any atom is 0.415 e. The Morgan fingerprint density at radius 3 is 2.43 bits per heavy atom. The van der Waals surface area contributed by atoms with E-state index < -0.39 is 6.09 Å². The van der Waals surface area contributed by atoms with Crippen LogP contribution in [0.5, 0.6) is 0 Å². The van der Waals surface area contributed by atoms with Crippen LogP contribution in [0.1, 0.15) is 12.5 Å². The quantitative estimate of drug-likeness (QED) is 0.780. The van der Waals surface area contributed by atoms with Gasteiger partial charge in [0.05, 0.1) is 13.2 Å². The maximum atomic E-state index is 12.1. The van der Waals surface area contributed by atoms with Crippen molar-refractivity contribution in [1.29, 1.82) is 10.5 Å². The van der Waals surface area contributed by atoms with Crippen LogP contribution >= 0.6 is 11.8 Å². The summed E-state index contributed by atoms with van der Waals surface area (Å²) in [5.41, 5.74) is 0.851. The molecule has 5 nitrogen and oxygen atoms in total. The normalized spacial score (nSPS) is 10.9. The molecule has 6 heteroatoms. The summed E-state index contributed by atoms with van der Waals surface area (Å²) >= 11 is 1.12. The van der Waals surface area contributed by atoms with Crippen molar-refractivity contribution in [2.24, 2.45) is 0 Å². The van der Waals surface area contributed by atoms with E-state index in [1.165, 1.54) is 4.90 Å². The van der Waals surface area contributed by atoms with E-state index >= 15 is 0 Å². The zero-order valence-corrected chi connectivity index (χ0v) is 12.7. The van der Waals surface area contributed by atoms with Gasteiger partial charge in [0.25, 0.3) is 0 Å². The molecule has 21 heavy (non-hydrogen) atoms. The van der Waals surface area contributed by atoms with Gasteiger partial charge in [0, 0.05) is 0 Å². The van der Waals surface area contributed by atoms with Gasteiger partial charge in [-0.15, -0.1) is 11.8 Å². The van der Waals surface area contributed by atoms with Crippen LogP contribution in [0.3, 0.4) is 0 Å². The lowest BCUT2D eigenvalue weighted by Gasteiger charge is -2.21. The first-order valence-corrected chi connectivity index (χ1v) is 7.47. The minimum Gasteiger partial charge on any atom is -0.449 e. The maximum absolute atomic E-state index is 12.1. The van der Waals surface area contributed by atoms with Crippen LogP contribution in [0, 0.1) is 22.7 Å². The summed E-state index contributed by atoms with van der Waals surface area (Å²) in [4.78, 5) is 13.5. The monoisotopic (exact) mass is 301 g/mol. The van der Waals surface area contributed by atoms with E-state index in [0.717, 1.165) is 17.3 Å². The average molecular weight is 301 g/mol. The molecule has 0 N–H and O–H groups in total. The Morgan fingerprint density at radius 2 is 1.95 bits per heavy atom. The van der Waals surface area contributed by atoms with Crippen LogP contribution in [-0.4, -0.2) is 23.9 Å². The third kappa shape index (κ3) is 4.55. The summed E-state index contributed by atoms with van der Waals surface area (Å²) in [6.07, 6.45) is 1.04. The third-order valence-corrected chi connectivity index (χ3v) is 3.26. The molecule has 0 aromatic heterocycles. The summed E-state index contributed by atoms with van der Waals surface area (Å²) in [5.74, 6) is 0. The van der Waals surface area contributed by atoms with Crippen molar-refractivity contribution in [1.82, 2.24) is 4.90 Å². The van der Waals surface area contributed by atoms with Gasteiger partial charge in [0.15, 0.2) is 0 Å². The standard InChI is InChI=1S/C15H15N3O2S/c1-3-20-15(19)18(11-12-7-5-4-6-8-12)13(9-16)14(10-17)21-2/h4-8H,3,11H2,1-2H3. The third-order valence-electron chi connectivity index (χ3n) is 2.57. The molecule has 108 valence electrons. The molecular formula is C15H15N3O2S. The van der Waals surface area contributed by atoms with E-state index in [1.54, 1.807) is 13.2 Å². The van der Waals surface area contributed by atoms with Crippen molar-refractivity contribution in [3.63, 3.8) is 0 Å². The average Bonchev–Trinajstić information content (AvgIpc) is 2.52. The lowest BCUT2D eigenvalue weighted by Crippen LogP contribution is -2.30. The second-order valence-corrected chi connectivity index (χ2v) is 4.69. The van der Waals surface area contributed by atoms with E-state index in [-0.39, 0.29) is 23.8 Å². The first-order valence-electron chi connectivity index (χ1n) is 6.24. The summed E-state index contributed by atoms with van der Waals surface area (Å²) in [7, 11) is 0. The van der Waals surface area contributed by atoms with Crippen molar-refractivity contribution >= 4 is 17.9 Å². The van der Waals surface area contributed by atoms with Crippen molar-refractivity contribution in [3.8, 4) is 12.1 Å². The van der Waals surface area contributed by atoms with E-state index in [1.807, 2.05) is 42.5 Å². The number of carbonyl (C=O) groups excluding carboxylic acids is 1. The van der Waals surface area contributed by atoms with Crippen LogP contribution in [0.4, 0.5) is 4.79 Å². The molecule has 0 aliphatic rings. The molecule has 1 aromatic rings. The summed E-state index contributed by atoms with van der Waals surface area (Å²) in [5, 5.41) is 18.4. The minimum atomic E-state index is -0.639. The molecule has 0 aliphatic carbocycles. The largest absolute Gasteiger partial charge is 0.449 e. The number of benzene rings is 1. The lowest BCUT2D eigenvalue weighted by molar-refractivity contribution is 0.118. The highest BCUT2D eigenvalue weighted by Gasteiger charge is 2.23. The number of thioether (sulfide) groups is 1. The van der Waals surface area contributed by atoms with Crippen LogP contribution in [0.25, 0.3) is 0 Å². The Balaban J connectivity index is 3.20. The molecule has 0 fully saturated rings. The Bertz CT molecular complexity index is 600. The number of allylic oxidation sites excluding steroid dienone is 2. The molecule has 1 amide bonds. The fraction of sp³-hybridized carbons (Fsp3) is 0.267. The molecule has 0 bridgehead atoms. The predicted octanol–water partition coefficient (Wildman–Crippen LogP) is 3.27. The topological polar surface area (TPSA) is 77.1 Å². The second-order valence-electron chi connectivity index (χ2n) is 3.88. The van der Waals surface area contributed by atoms with Gasteiger partial charge in [-0.05, 0) is 18.7 Å². The SMILES string of the molecule is CCOC(=O)N(Cc1ccccc1)C(C#N)=C(C#N)SC. The summed E-state index contributed by atoms with van der Waals surface area (Å²) in [6.45, 7) is 2.06. The van der Waals surface area contributed by atoms with Gasteiger partial charge >= 0.3 is 6.09 Å². The number of rotatable bonds is 5. The fourth-order valence-corrected chi connectivity index (χ4v) is 2.07. The summed E-state index contributed by atoms with van der Waals surface area (Å²) in [6, 6.07) is 13.1. The molecule has 0 unspecified atom stereocenters. The molecule has 0 aliphatic heterocycles. The second kappa shape index (κ2) is 8.68. The van der Waals surface area contributed by atoms with Gasteiger partial charge in [-0.2, -0.15) is 10.5 Å². The van der Waals surface area contributed by atoms with Crippen molar-refractivity contribution in [3.05, 3.63) is 46.5 Å². The molecular weight excluding hydrogens is 286 g/mol. The number of nitrogens with zero attached hydrogens (tertiary/aromatic N) is 3. The Kier molecular flexibility index (Phi) is 6.86. The van der Waals surface area contributed by atoms with Crippen LogP contribution in [-0.2, 0) is 11.3 Å². The van der Waals surface area contributed by atoms with E-state index in [0.29, 0.717) is 0 Å². The Labute approximate surface area is 128 Å². The van der Waals surface area contributed by atoms with Crippen LogP contribution < -0.4 is 0 Å². The number of carbonyl (C=O) groups is 1. The van der Waals surface area contributed by atoms with Crippen LogP contribution in [0.15, 0.2) is 40.9 Å². The number of hydrogen-bond acceptors (Lipinski definition) is 5. The highest BCUT2D eigenvalue weighted by atomic mass is 32.2. The van der Waals surface area contributed by atoms with E-state index in [2.05, 4.69) is 0 Å². The highest BCUT2D eigenvalue weighted by Crippen LogP contribution is 2.21. The number of hydrogen-bond donors (Lipinski definition) is 0. The molecule has 0 saturated heterocycles. The van der Waals surface area contributed by atoms with Crippen molar-refractivity contribution in [2.45, 2.75) is 13.5 Å². The zero-order chi connectivity index (χ0) is 15.7. The van der Waals surface area contributed by atoms with Gasteiger partial charge < -0.3 is 4.74 Å². The molecule has 0 saturated carbocycles. The molecule has 0 radical (unpaired) electrons. The van der Waals surface area contributed by atoms with Gasteiger partial charge in [-0.1, -0.05) is 30.3 Å². The zero-order valence-electron chi connectivity index (χ0n) is 11.9. The van der Waals surface area contributed by atoms with Gasteiger partial charge in [-0.25, -0.2) is 4.79 Å². The first-order chi connectivity index (χ1) is 10.2. The van der Waals surface area contributed by atoms with Crippen LogP contribution in [0.2, 0.25) is 0 Å².